The topological polar surface area (TPSA) is 77.1 Å². The Hall–Kier alpha value is -4.52. The van der Waals surface area contributed by atoms with Crippen LogP contribution in [0.15, 0.2) is 95.5 Å². The second-order valence-corrected chi connectivity index (χ2v) is 8.77. The fraction of sp³-hybridized carbons (Fsp3) is 0.172. The summed E-state index contributed by atoms with van der Waals surface area (Å²) in [6, 6.07) is 27.9. The van der Waals surface area contributed by atoms with E-state index in [4.69, 9.17) is 9.52 Å². The highest BCUT2D eigenvalue weighted by Crippen LogP contribution is 2.25. The van der Waals surface area contributed by atoms with Gasteiger partial charge in [-0.3, -0.25) is 4.79 Å². The molecule has 180 valence electrons. The van der Waals surface area contributed by atoms with Crippen LogP contribution in [-0.4, -0.2) is 37.8 Å². The predicted octanol–water partition coefficient (Wildman–Crippen LogP) is 5.49. The van der Waals surface area contributed by atoms with Gasteiger partial charge in [0.15, 0.2) is 0 Å². The Morgan fingerprint density at radius 2 is 1.58 bits per heavy atom. The monoisotopic (exact) mass is 477 g/mol. The van der Waals surface area contributed by atoms with Gasteiger partial charge in [0.25, 0.3) is 0 Å². The maximum atomic E-state index is 13.0. The standard InChI is InChI=1S/C29H27N5O2/c1-21-13-15-23(16-14-21)29-31-30-26(36-29)17-18-27(35)33(2)19-24-20-34(25-11-7-4-8-12-25)32-28(24)22-9-5-3-6-10-22/h3-16,20H,17-19H2,1-2H3. The number of hydrogen-bond donors (Lipinski definition) is 0. The summed E-state index contributed by atoms with van der Waals surface area (Å²) in [6.45, 7) is 2.47. The number of benzene rings is 3. The number of aromatic nitrogens is 4. The van der Waals surface area contributed by atoms with Crippen LogP contribution in [0, 0.1) is 6.92 Å². The minimum Gasteiger partial charge on any atom is -0.421 e. The quantitative estimate of drug-likeness (QED) is 0.295. The lowest BCUT2D eigenvalue weighted by atomic mass is 10.1. The average Bonchev–Trinajstić information content (AvgIpc) is 3.56. The van der Waals surface area contributed by atoms with Gasteiger partial charge < -0.3 is 9.32 Å². The molecule has 5 rings (SSSR count). The summed E-state index contributed by atoms with van der Waals surface area (Å²) in [7, 11) is 1.81. The minimum absolute atomic E-state index is 0.00319. The molecule has 7 nitrogen and oxygen atoms in total. The molecule has 0 bridgehead atoms. The Balaban J connectivity index is 1.28. The van der Waals surface area contributed by atoms with Crippen molar-refractivity contribution in [2.45, 2.75) is 26.3 Å². The van der Waals surface area contributed by atoms with Crippen molar-refractivity contribution in [3.63, 3.8) is 0 Å². The van der Waals surface area contributed by atoms with Crippen molar-refractivity contribution in [2.75, 3.05) is 7.05 Å². The molecule has 36 heavy (non-hydrogen) atoms. The highest BCUT2D eigenvalue weighted by Gasteiger charge is 2.18. The summed E-state index contributed by atoms with van der Waals surface area (Å²) in [5.41, 5.74) is 5.84. The molecule has 7 heteroatoms. The molecule has 2 heterocycles. The Morgan fingerprint density at radius 1 is 0.889 bits per heavy atom. The minimum atomic E-state index is -0.00319. The van der Waals surface area contributed by atoms with Crippen molar-refractivity contribution < 1.29 is 9.21 Å². The lowest BCUT2D eigenvalue weighted by Gasteiger charge is -2.16. The normalized spacial score (nSPS) is 10.9. The largest absolute Gasteiger partial charge is 0.421 e. The first-order valence-electron chi connectivity index (χ1n) is 11.9. The maximum absolute atomic E-state index is 13.0. The molecular weight excluding hydrogens is 450 g/mol. The van der Waals surface area contributed by atoms with E-state index in [2.05, 4.69) is 10.2 Å². The van der Waals surface area contributed by atoms with Gasteiger partial charge in [-0.25, -0.2) is 4.68 Å². The van der Waals surface area contributed by atoms with Gasteiger partial charge in [0.05, 0.1) is 11.4 Å². The Labute approximate surface area is 210 Å². The smallest absolute Gasteiger partial charge is 0.247 e. The van der Waals surface area contributed by atoms with Crippen LogP contribution in [0.4, 0.5) is 0 Å². The molecule has 0 aliphatic heterocycles. The summed E-state index contributed by atoms with van der Waals surface area (Å²) in [4.78, 5) is 14.7. The van der Waals surface area contributed by atoms with Gasteiger partial charge in [-0.2, -0.15) is 5.10 Å². The summed E-state index contributed by atoms with van der Waals surface area (Å²) in [5, 5.41) is 13.1. The number of carbonyl (C=O) groups is 1. The van der Waals surface area contributed by atoms with Gasteiger partial charge in [-0.1, -0.05) is 66.2 Å². The first kappa shape index (κ1) is 23.2. The molecule has 0 aliphatic rings. The zero-order valence-corrected chi connectivity index (χ0v) is 20.3. The maximum Gasteiger partial charge on any atom is 0.247 e. The van der Waals surface area contributed by atoms with Gasteiger partial charge in [0.2, 0.25) is 17.7 Å². The van der Waals surface area contributed by atoms with Crippen LogP contribution in [0.1, 0.15) is 23.4 Å². The van der Waals surface area contributed by atoms with Crippen molar-refractivity contribution >= 4 is 5.91 Å². The zero-order valence-electron chi connectivity index (χ0n) is 20.3. The second kappa shape index (κ2) is 10.4. The second-order valence-electron chi connectivity index (χ2n) is 8.77. The molecule has 0 radical (unpaired) electrons. The lowest BCUT2D eigenvalue weighted by molar-refractivity contribution is -0.130. The van der Waals surface area contributed by atoms with Gasteiger partial charge >= 0.3 is 0 Å². The number of amides is 1. The molecule has 0 spiro atoms. The predicted molar refractivity (Wildman–Crippen MR) is 138 cm³/mol. The van der Waals surface area contributed by atoms with E-state index in [0.29, 0.717) is 24.7 Å². The first-order chi connectivity index (χ1) is 17.6. The molecule has 2 aromatic heterocycles. The number of hydrogen-bond acceptors (Lipinski definition) is 5. The summed E-state index contributed by atoms with van der Waals surface area (Å²) < 4.78 is 7.64. The molecule has 0 N–H and O–H groups in total. The molecule has 3 aromatic carbocycles. The third-order valence-corrected chi connectivity index (χ3v) is 6.01. The fourth-order valence-corrected chi connectivity index (χ4v) is 3.99. The van der Waals surface area contributed by atoms with Gasteiger partial charge in [0.1, 0.15) is 0 Å². The van der Waals surface area contributed by atoms with E-state index in [1.165, 1.54) is 0 Å². The van der Waals surface area contributed by atoms with Crippen molar-refractivity contribution in [3.05, 3.63) is 108 Å². The van der Waals surface area contributed by atoms with E-state index in [-0.39, 0.29) is 12.3 Å². The molecule has 0 atom stereocenters. The third-order valence-electron chi connectivity index (χ3n) is 6.01. The molecule has 5 aromatic rings. The number of rotatable bonds is 8. The Kier molecular flexibility index (Phi) is 6.71. The summed E-state index contributed by atoms with van der Waals surface area (Å²) in [6.07, 6.45) is 2.66. The zero-order chi connectivity index (χ0) is 24.9. The molecule has 0 aliphatic carbocycles. The van der Waals surface area contributed by atoms with Crippen LogP contribution < -0.4 is 0 Å². The van der Waals surface area contributed by atoms with E-state index in [0.717, 1.165) is 33.6 Å². The van der Waals surface area contributed by atoms with Gasteiger partial charge in [-0.05, 0) is 31.2 Å². The molecule has 1 amide bonds. The number of aryl methyl sites for hydroxylation is 2. The van der Waals surface area contributed by atoms with Crippen molar-refractivity contribution in [3.8, 4) is 28.4 Å². The molecule has 0 fully saturated rings. The van der Waals surface area contributed by atoms with Crippen LogP contribution in [0.5, 0.6) is 0 Å². The van der Waals surface area contributed by atoms with E-state index >= 15 is 0 Å². The highest BCUT2D eigenvalue weighted by atomic mass is 16.4. The van der Waals surface area contributed by atoms with Crippen molar-refractivity contribution in [1.82, 2.24) is 24.9 Å². The van der Waals surface area contributed by atoms with Crippen molar-refractivity contribution in [1.29, 1.82) is 0 Å². The Morgan fingerprint density at radius 3 is 2.31 bits per heavy atom. The lowest BCUT2D eigenvalue weighted by Crippen LogP contribution is -2.26. The van der Waals surface area contributed by atoms with Gasteiger partial charge in [-0.15, -0.1) is 10.2 Å². The molecule has 0 unspecified atom stereocenters. The van der Waals surface area contributed by atoms with Crippen LogP contribution in [-0.2, 0) is 17.8 Å². The van der Waals surface area contributed by atoms with E-state index < -0.39 is 0 Å². The number of carbonyl (C=O) groups excluding carboxylic acids is 1. The molecule has 0 saturated heterocycles. The summed E-state index contributed by atoms with van der Waals surface area (Å²) in [5.74, 6) is 0.914. The third kappa shape index (κ3) is 5.25. The fourth-order valence-electron chi connectivity index (χ4n) is 3.99. The van der Waals surface area contributed by atoms with Crippen LogP contribution in [0.2, 0.25) is 0 Å². The van der Waals surface area contributed by atoms with E-state index in [1.807, 2.05) is 110 Å². The number of nitrogens with zero attached hydrogens (tertiary/aromatic N) is 5. The first-order valence-corrected chi connectivity index (χ1v) is 11.9. The molecule has 0 saturated carbocycles. The highest BCUT2D eigenvalue weighted by molar-refractivity contribution is 5.76. The average molecular weight is 478 g/mol. The van der Waals surface area contributed by atoms with E-state index in [1.54, 1.807) is 4.90 Å². The molecular formula is C29H27N5O2. The number of para-hydroxylation sites is 1. The van der Waals surface area contributed by atoms with Crippen LogP contribution in [0.3, 0.4) is 0 Å². The SMILES string of the molecule is Cc1ccc(-c2nnc(CCC(=O)N(C)Cc3cn(-c4ccccc4)nc3-c3ccccc3)o2)cc1. The van der Waals surface area contributed by atoms with Gasteiger partial charge in [0, 0.05) is 49.3 Å². The van der Waals surface area contributed by atoms with Crippen LogP contribution in [0.25, 0.3) is 28.4 Å². The van der Waals surface area contributed by atoms with Crippen LogP contribution >= 0.6 is 0 Å². The Bertz CT molecular complexity index is 1440. The summed E-state index contributed by atoms with van der Waals surface area (Å²) >= 11 is 0. The van der Waals surface area contributed by atoms with Crippen molar-refractivity contribution in [2.24, 2.45) is 0 Å². The van der Waals surface area contributed by atoms with E-state index in [9.17, 15) is 4.79 Å².